The molecule has 0 unspecified atom stereocenters. The fourth-order valence-corrected chi connectivity index (χ4v) is 1.45. The molecule has 16 heavy (non-hydrogen) atoms. The van der Waals surface area contributed by atoms with Crippen molar-refractivity contribution in [1.29, 1.82) is 0 Å². The van der Waals surface area contributed by atoms with Crippen molar-refractivity contribution in [3.63, 3.8) is 0 Å². The fourth-order valence-electron chi connectivity index (χ4n) is 1.45. The second-order valence-corrected chi connectivity index (χ2v) is 3.23. The van der Waals surface area contributed by atoms with Crippen LogP contribution in [0.1, 0.15) is 12.0 Å². The summed E-state index contributed by atoms with van der Waals surface area (Å²) in [4.78, 5) is 4.21. The maximum Gasteiger partial charge on any atom is 0.199 e. The molecule has 0 amide bonds. The van der Waals surface area contributed by atoms with Gasteiger partial charge in [-0.05, 0) is 18.2 Å². The molecule has 0 spiro atoms. The van der Waals surface area contributed by atoms with Gasteiger partial charge in [0.15, 0.2) is 6.29 Å². The van der Waals surface area contributed by atoms with Crippen molar-refractivity contribution in [3.8, 4) is 11.4 Å². The zero-order valence-electron chi connectivity index (χ0n) is 9.18. The number of ether oxygens (including phenoxy) is 2. The first-order chi connectivity index (χ1) is 7.85. The molecule has 5 heteroatoms. The number of hydrogen-bond donors (Lipinski definition) is 1. The highest BCUT2D eigenvalue weighted by Gasteiger charge is 2.13. The molecule has 0 aliphatic rings. The fraction of sp³-hybridized carbons (Fsp3) is 0.273. The van der Waals surface area contributed by atoms with E-state index in [1.165, 1.54) is 0 Å². The van der Waals surface area contributed by atoms with Crippen LogP contribution in [0.25, 0.3) is 11.4 Å². The van der Waals surface area contributed by atoms with E-state index < -0.39 is 6.29 Å². The lowest BCUT2D eigenvalue weighted by molar-refractivity contribution is -0.108. The van der Waals surface area contributed by atoms with E-state index in [9.17, 15) is 0 Å². The van der Waals surface area contributed by atoms with Gasteiger partial charge in [-0.2, -0.15) is 5.10 Å². The normalized spacial score (nSPS) is 10.9. The van der Waals surface area contributed by atoms with Crippen LogP contribution in [0.5, 0.6) is 0 Å². The van der Waals surface area contributed by atoms with E-state index in [4.69, 9.17) is 9.47 Å². The van der Waals surface area contributed by atoms with Crippen LogP contribution in [0.3, 0.4) is 0 Å². The Morgan fingerprint density at radius 3 is 2.62 bits per heavy atom. The van der Waals surface area contributed by atoms with E-state index in [0.29, 0.717) is 0 Å². The molecule has 5 nitrogen and oxygen atoms in total. The Hall–Kier alpha value is -1.72. The molecule has 0 radical (unpaired) electrons. The highest BCUT2D eigenvalue weighted by atomic mass is 16.7. The number of methoxy groups -OCH3 is 2. The Balaban J connectivity index is 2.26. The van der Waals surface area contributed by atoms with Gasteiger partial charge in [0.2, 0.25) is 0 Å². The summed E-state index contributed by atoms with van der Waals surface area (Å²) in [5.41, 5.74) is 2.36. The molecule has 2 rings (SSSR count). The van der Waals surface area contributed by atoms with Gasteiger partial charge >= 0.3 is 0 Å². The van der Waals surface area contributed by atoms with Crippen molar-refractivity contribution in [2.75, 3.05) is 14.2 Å². The first-order valence-electron chi connectivity index (χ1n) is 4.87. The van der Waals surface area contributed by atoms with Gasteiger partial charge in [0.1, 0.15) is 5.69 Å². The lowest BCUT2D eigenvalue weighted by Crippen LogP contribution is -2.03. The van der Waals surface area contributed by atoms with Crippen LogP contribution >= 0.6 is 0 Å². The number of aromatic nitrogens is 3. The topological polar surface area (TPSA) is 60.0 Å². The summed E-state index contributed by atoms with van der Waals surface area (Å²) in [5.74, 6) is 0. The van der Waals surface area contributed by atoms with Crippen LogP contribution in [-0.2, 0) is 9.47 Å². The lowest BCUT2D eigenvalue weighted by Gasteiger charge is -2.09. The van der Waals surface area contributed by atoms with Gasteiger partial charge in [-0.3, -0.25) is 10.1 Å². The van der Waals surface area contributed by atoms with Crippen LogP contribution in [0.15, 0.2) is 30.5 Å². The van der Waals surface area contributed by atoms with Gasteiger partial charge in [-0.25, -0.2) is 0 Å². The maximum atomic E-state index is 5.12. The molecule has 1 N–H and O–H groups in total. The van der Waals surface area contributed by atoms with Crippen LogP contribution in [-0.4, -0.2) is 29.4 Å². The van der Waals surface area contributed by atoms with Crippen LogP contribution < -0.4 is 0 Å². The minimum Gasteiger partial charge on any atom is -0.350 e. The Morgan fingerprint density at radius 2 is 2.00 bits per heavy atom. The summed E-state index contributed by atoms with van der Waals surface area (Å²) in [6.45, 7) is 0. The van der Waals surface area contributed by atoms with Crippen molar-refractivity contribution in [1.82, 2.24) is 15.2 Å². The predicted octanol–water partition coefficient (Wildman–Crippen LogP) is 1.76. The number of rotatable bonds is 4. The van der Waals surface area contributed by atoms with Crippen LogP contribution in [0.2, 0.25) is 0 Å². The average Bonchev–Trinajstić information content (AvgIpc) is 2.81. The molecule has 0 saturated heterocycles. The van der Waals surface area contributed by atoms with Gasteiger partial charge in [0.05, 0.1) is 11.4 Å². The Bertz CT molecular complexity index is 438. The summed E-state index contributed by atoms with van der Waals surface area (Å²) >= 11 is 0. The Morgan fingerprint density at radius 1 is 1.19 bits per heavy atom. The van der Waals surface area contributed by atoms with Gasteiger partial charge in [-0.1, -0.05) is 6.07 Å². The highest BCUT2D eigenvalue weighted by molar-refractivity contribution is 5.53. The summed E-state index contributed by atoms with van der Waals surface area (Å²) in [6.07, 6.45) is 1.30. The molecule has 0 bridgehead atoms. The standard InChI is InChI=1S/C11H13N3O2/c1-15-11(16-2)10-7-9(13-14-10)8-5-3-4-6-12-8/h3-7,11H,1-2H3,(H,13,14). The number of pyridine rings is 1. The number of hydrogen-bond acceptors (Lipinski definition) is 4. The highest BCUT2D eigenvalue weighted by Crippen LogP contribution is 2.20. The third kappa shape index (κ3) is 2.10. The van der Waals surface area contributed by atoms with Crippen molar-refractivity contribution >= 4 is 0 Å². The van der Waals surface area contributed by atoms with E-state index >= 15 is 0 Å². The number of nitrogens with one attached hydrogen (secondary N) is 1. The first-order valence-corrected chi connectivity index (χ1v) is 4.87. The number of aromatic amines is 1. The summed E-state index contributed by atoms with van der Waals surface area (Å²) in [5, 5.41) is 7.02. The van der Waals surface area contributed by atoms with Crippen LogP contribution in [0, 0.1) is 0 Å². The zero-order chi connectivity index (χ0) is 11.4. The SMILES string of the molecule is COC(OC)c1cc(-c2ccccn2)n[nH]1. The monoisotopic (exact) mass is 219 g/mol. The Labute approximate surface area is 93.4 Å². The van der Waals surface area contributed by atoms with E-state index in [-0.39, 0.29) is 0 Å². The molecular formula is C11H13N3O2. The summed E-state index contributed by atoms with van der Waals surface area (Å²) < 4.78 is 10.2. The van der Waals surface area contributed by atoms with E-state index in [0.717, 1.165) is 17.1 Å². The minimum atomic E-state index is -0.426. The minimum absolute atomic E-state index is 0.426. The molecular weight excluding hydrogens is 206 g/mol. The van der Waals surface area contributed by atoms with Gasteiger partial charge in [0, 0.05) is 20.4 Å². The first kappa shape index (κ1) is 10.8. The molecule has 0 saturated carbocycles. The quantitative estimate of drug-likeness (QED) is 0.796. The molecule has 0 aliphatic heterocycles. The second kappa shape index (κ2) is 4.87. The molecule has 2 aromatic heterocycles. The number of nitrogens with zero attached hydrogens (tertiary/aromatic N) is 2. The largest absolute Gasteiger partial charge is 0.350 e. The molecule has 0 atom stereocenters. The zero-order valence-corrected chi connectivity index (χ0v) is 9.18. The van der Waals surface area contributed by atoms with Crippen molar-refractivity contribution in [3.05, 3.63) is 36.2 Å². The van der Waals surface area contributed by atoms with E-state index in [1.54, 1.807) is 20.4 Å². The predicted molar refractivity (Wildman–Crippen MR) is 58.6 cm³/mol. The van der Waals surface area contributed by atoms with Gasteiger partial charge in [0.25, 0.3) is 0 Å². The molecule has 2 heterocycles. The van der Waals surface area contributed by atoms with Crippen LogP contribution in [0.4, 0.5) is 0 Å². The Kier molecular flexibility index (Phi) is 3.28. The molecule has 0 aromatic carbocycles. The smallest absolute Gasteiger partial charge is 0.199 e. The third-order valence-corrected chi connectivity index (χ3v) is 2.21. The van der Waals surface area contributed by atoms with E-state index in [1.807, 2.05) is 24.3 Å². The summed E-state index contributed by atoms with van der Waals surface area (Å²) in [7, 11) is 3.16. The number of H-pyrrole nitrogens is 1. The van der Waals surface area contributed by atoms with Gasteiger partial charge < -0.3 is 9.47 Å². The third-order valence-electron chi connectivity index (χ3n) is 2.21. The summed E-state index contributed by atoms with van der Waals surface area (Å²) in [6, 6.07) is 7.54. The molecule has 84 valence electrons. The van der Waals surface area contributed by atoms with E-state index in [2.05, 4.69) is 15.2 Å². The molecule has 2 aromatic rings. The van der Waals surface area contributed by atoms with Crippen molar-refractivity contribution < 1.29 is 9.47 Å². The van der Waals surface area contributed by atoms with Crippen molar-refractivity contribution in [2.45, 2.75) is 6.29 Å². The lowest BCUT2D eigenvalue weighted by atomic mass is 10.2. The van der Waals surface area contributed by atoms with Gasteiger partial charge in [-0.15, -0.1) is 0 Å². The second-order valence-electron chi connectivity index (χ2n) is 3.23. The maximum absolute atomic E-state index is 5.12. The molecule has 0 aliphatic carbocycles. The molecule has 0 fully saturated rings. The average molecular weight is 219 g/mol. The van der Waals surface area contributed by atoms with Crippen molar-refractivity contribution in [2.24, 2.45) is 0 Å².